The molecule has 0 atom stereocenters. The molecule has 0 unspecified atom stereocenters. The Labute approximate surface area is 160 Å². The molecule has 0 bridgehead atoms. The minimum absolute atomic E-state index is 0.840. The van der Waals surface area contributed by atoms with Crippen LogP contribution >= 0.6 is 11.3 Å². The van der Waals surface area contributed by atoms with E-state index in [9.17, 15) is 0 Å². The summed E-state index contributed by atoms with van der Waals surface area (Å²) in [6, 6.07) is 10.7. The van der Waals surface area contributed by atoms with Crippen molar-refractivity contribution in [2.45, 2.75) is 33.1 Å². The number of aromatic nitrogens is 1. The van der Waals surface area contributed by atoms with Crippen LogP contribution in [0.1, 0.15) is 36.0 Å². The van der Waals surface area contributed by atoms with Crippen LogP contribution in [0.15, 0.2) is 46.8 Å². The lowest BCUT2D eigenvalue weighted by Gasteiger charge is -2.30. The Hall–Kier alpha value is -2.14. The van der Waals surface area contributed by atoms with Crippen molar-refractivity contribution in [3.63, 3.8) is 0 Å². The van der Waals surface area contributed by atoms with E-state index in [4.69, 9.17) is 4.99 Å². The van der Waals surface area contributed by atoms with Crippen molar-refractivity contribution >= 4 is 22.9 Å². The summed E-state index contributed by atoms with van der Waals surface area (Å²) in [6.45, 7) is 7.85. The van der Waals surface area contributed by atoms with Crippen molar-refractivity contribution in [1.29, 1.82) is 0 Å². The minimum Gasteiger partial charge on any atom is -0.357 e. The highest BCUT2D eigenvalue weighted by atomic mass is 32.1. The third-order valence-electron chi connectivity index (χ3n) is 4.47. The number of benzene rings is 1. The number of thiazole rings is 1. The highest BCUT2D eigenvalue weighted by Crippen LogP contribution is 2.22. The average Bonchev–Trinajstić information content (AvgIpc) is 3.10. The van der Waals surface area contributed by atoms with Crippen LogP contribution in [-0.4, -0.2) is 42.0 Å². The lowest BCUT2D eigenvalue weighted by atomic mass is 10.00. The molecule has 0 aliphatic carbocycles. The van der Waals surface area contributed by atoms with Gasteiger partial charge in [-0.05, 0) is 37.8 Å². The third-order valence-corrected chi connectivity index (χ3v) is 5.49. The zero-order valence-electron chi connectivity index (χ0n) is 15.7. The van der Waals surface area contributed by atoms with Crippen LogP contribution in [0.3, 0.4) is 0 Å². The van der Waals surface area contributed by atoms with E-state index in [0.717, 1.165) is 57.1 Å². The van der Waals surface area contributed by atoms with Crippen LogP contribution in [0.5, 0.6) is 0 Å². The van der Waals surface area contributed by atoms with Crippen molar-refractivity contribution in [3.8, 4) is 0 Å². The summed E-state index contributed by atoms with van der Waals surface area (Å²) < 4.78 is 0. The van der Waals surface area contributed by atoms with Gasteiger partial charge in [0.25, 0.3) is 0 Å². The second kappa shape index (κ2) is 9.53. The summed E-state index contributed by atoms with van der Waals surface area (Å²) in [4.78, 5) is 11.7. The molecule has 3 rings (SSSR count). The fraction of sp³-hybridized carbons (Fsp3) is 0.429. The molecule has 1 aromatic heterocycles. The molecule has 0 saturated heterocycles. The van der Waals surface area contributed by atoms with Gasteiger partial charge in [-0.1, -0.05) is 36.4 Å². The van der Waals surface area contributed by atoms with Gasteiger partial charge in [0.1, 0.15) is 0 Å². The van der Waals surface area contributed by atoms with E-state index < -0.39 is 0 Å². The number of hydrogen-bond donors (Lipinski definition) is 1. The second-order valence-corrected chi connectivity index (χ2v) is 7.46. The van der Waals surface area contributed by atoms with E-state index in [1.165, 1.54) is 16.1 Å². The summed E-state index contributed by atoms with van der Waals surface area (Å²) in [7, 11) is 0. The zero-order chi connectivity index (χ0) is 18.2. The van der Waals surface area contributed by atoms with Crippen molar-refractivity contribution in [1.82, 2.24) is 15.2 Å². The van der Waals surface area contributed by atoms with Crippen LogP contribution in [0.25, 0.3) is 5.57 Å². The molecule has 5 heteroatoms. The Morgan fingerprint density at radius 3 is 2.81 bits per heavy atom. The summed E-state index contributed by atoms with van der Waals surface area (Å²) >= 11 is 1.75. The van der Waals surface area contributed by atoms with Crippen LogP contribution in [0, 0.1) is 6.92 Å². The second-order valence-electron chi connectivity index (χ2n) is 6.51. The predicted octanol–water partition coefficient (Wildman–Crippen LogP) is 4.14. The largest absolute Gasteiger partial charge is 0.357 e. The number of rotatable bonds is 6. The smallest absolute Gasteiger partial charge is 0.194 e. The molecule has 0 fully saturated rings. The molecule has 0 radical (unpaired) electrons. The maximum atomic E-state index is 4.84. The van der Waals surface area contributed by atoms with E-state index >= 15 is 0 Å². The maximum absolute atomic E-state index is 4.84. The Kier molecular flexibility index (Phi) is 6.83. The van der Waals surface area contributed by atoms with Gasteiger partial charge in [0, 0.05) is 43.7 Å². The van der Waals surface area contributed by atoms with Crippen molar-refractivity contribution in [3.05, 3.63) is 58.1 Å². The van der Waals surface area contributed by atoms with E-state index in [0.29, 0.717) is 0 Å². The zero-order valence-corrected chi connectivity index (χ0v) is 16.6. The molecule has 138 valence electrons. The quantitative estimate of drug-likeness (QED) is 0.473. The molecule has 1 aliphatic heterocycles. The van der Waals surface area contributed by atoms with E-state index in [1.807, 2.05) is 0 Å². The summed E-state index contributed by atoms with van der Waals surface area (Å²) in [6.07, 6.45) is 5.46. The first-order valence-electron chi connectivity index (χ1n) is 9.45. The van der Waals surface area contributed by atoms with Crippen molar-refractivity contribution < 1.29 is 0 Å². The first-order chi connectivity index (χ1) is 12.8. The molecule has 1 aromatic carbocycles. The van der Waals surface area contributed by atoms with Gasteiger partial charge in [-0.15, -0.1) is 11.3 Å². The van der Waals surface area contributed by atoms with Crippen molar-refractivity contribution in [2.75, 3.05) is 26.2 Å². The lowest BCUT2D eigenvalue weighted by Crippen LogP contribution is -2.43. The molecular formula is C21H28N4S. The highest BCUT2D eigenvalue weighted by molar-refractivity contribution is 7.09. The first-order valence-corrected chi connectivity index (χ1v) is 10.3. The van der Waals surface area contributed by atoms with E-state index in [-0.39, 0.29) is 0 Å². The molecule has 1 N–H and O–H groups in total. The first kappa shape index (κ1) is 18.6. The molecular weight excluding hydrogens is 340 g/mol. The van der Waals surface area contributed by atoms with E-state index in [1.54, 1.807) is 11.3 Å². The van der Waals surface area contributed by atoms with Crippen LogP contribution in [0.4, 0.5) is 0 Å². The monoisotopic (exact) mass is 368 g/mol. The molecule has 0 saturated carbocycles. The third kappa shape index (κ3) is 5.18. The van der Waals surface area contributed by atoms with E-state index in [2.05, 4.69) is 70.8 Å². The number of nitrogens with one attached hydrogen (secondary N) is 1. The van der Waals surface area contributed by atoms with Gasteiger partial charge in [0.05, 0.1) is 5.01 Å². The topological polar surface area (TPSA) is 40.5 Å². The maximum Gasteiger partial charge on any atom is 0.194 e. The number of hydrogen-bond acceptors (Lipinski definition) is 3. The number of aryl methyl sites for hydroxylation is 2. The molecule has 2 aromatic rings. The van der Waals surface area contributed by atoms with Crippen LogP contribution in [0.2, 0.25) is 0 Å². The molecule has 26 heavy (non-hydrogen) atoms. The lowest BCUT2D eigenvalue weighted by molar-refractivity contribution is 0.440. The average molecular weight is 369 g/mol. The molecule has 1 aliphatic rings. The SMILES string of the molecule is CCNC(=NCCCc1nc(C)cs1)N1CC=C(c2ccccc2)CC1. The summed E-state index contributed by atoms with van der Waals surface area (Å²) in [5.74, 6) is 1.03. The molecule has 4 nitrogen and oxygen atoms in total. The highest BCUT2D eigenvalue weighted by Gasteiger charge is 2.15. The van der Waals surface area contributed by atoms with Gasteiger partial charge in [0.2, 0.25) is 0 Å². The van der Waals surface area contributed by atoms with Gasteiger partial charge < -0.3 is 10.2 Å². The summed E-state index contributed by atoms with van der Waals surface area (Å²) in [5.41, 5.74) is 3.90. The standard InChI is InChI=1S/C21H28N4S/c1-3-22-21(23-13-7-10-20-24-17(2)16-26-20)25-14-11-19(12-15-25)18-8-5-4-6-9-18/h4-6,8-9,11,16H,3,7,10,12-15H2,1-2H3,(H,22,23). The van der Waals surface area contributed by atoms with Crippen LogP contribution < -0.4 is 5.32 Å². The minimum atomic E-state index is 0.840. The van der Waals surface area contributed by atoms with Gasteiger partial charge in [-0.3, -0.25) is 4.99 Å². The fourth-order valence-electron chi connectivity index (χ4n) is 3.13. The van der Waals surface area contributed by atoms with Gasteiger partial charge in [0.15, 0.2) is 5.96 Å². The molecule has 2 heterocycles. The van der Waals surface area contributed by atoms with Crippen LogP contribution in [-0.2, 0) is 6.42 Å². The summed E-state index contributed by atoms with van der Waals surface area (Å²) in [5, 5.41) is 6.78. The Balaban J connectivity index is 1.55. The molecule has 0 amide bonds. The van der Waals surface area contributed by atoms with Crippen molar-refractivity contribution in [2.24, 2.45) is 4.99 Å². The number of aliphatic imine (C=N–C) groups is 1. The fourth-order valence-corrected chi connectivity index (χ4v) is 3.95. The molecule has 0 spiro atoms. The Morgan fingerprint density at radius 2 is 2.15 bits per heavy atom. The number of nitrogens with zero attached hydrogens (tertiary/aromatic N) is 3. The van der Waals surface area contributed by atoms with Gasteiger partial charge in [-0.25, -0.2) is 4.98 Å². The predicted molar refractivity (Wildman–Crippen MR) is 112 cm³/mol. The Bertz CT molecular complexity index is 748. The Morgan fingerprint density at radius 1 is 1.31 bits per heavy atom. The van der Waals surface area contributed by atoms with Gasteiger partial charge in [-0.2, -0.15) is 0 Å². The number of guanidine groups is 1. The normalized spacial score (nSPS) is 15.1. The van der Waals surface area contributed by atoms with Gasteiger partial charge >= 0.3 is 0 Å².